The molecule has 0 unspecified atom stereocenters. The molecule has 10 nitrogen and oxygen atoms in total. The molecular weight excluding hydrogens is 486 g/mol. The molecule has 0 fully saturated rings. The second-order valence-electron chi connectivity index (χ2n) is 7.52. The number of carboxylic acid groups (broad SMARTS) is 2. The van der Waals surface area contributed by atoms with E-state index < -0.39 is 11.9 Å². The number of methoxy groups -OCH3 is 2. The van der Waals surface area contributed by atoms with Crippen LogP contribution >= 0.6 is 11.8 Å². The molecule has 36 heavy (non-hydrogen) atoms. The zero-order chi connectivity index (χ0) is 25.8. The van der Waals surface area contributed by atoms with Crippen LogP contribution in [-0.4, -0.2) is 51.6 Å². The third kappa shape index (κ3) is 5.41. The Bertz CT molecular complexity index is 1450. The smallest absolute Gasteiger partial charge is 0.342 e. The zero-order valence-corrected chi connectivity index (χ0v) is 20.3. The van der Waals surface area contributed by atoms with Gasteiger partial charge in [0.25, 0.3) is 0 Å². The van der Waals surface area contributed by atoms with Crippen molar-refractivity contribution in [3.63, 3.8) is 0 Å². The highest BCUT2D eigenvalue weighted by Gasteiger charge is 2.17. The summed E-state index contributed by atoms with van der Waals surface area (Å²) in [6.45, 7) is 1.83. The molecule has 0 aliphatic carbocycles. The summed E-state index contributed by atoms with van der Waals surface area (Å²) >= 11 is 0.850. The van der Waals surface area contributed by atoms with Gasteiger partial charge in [-0.15, -0.1) is 5.10 Å². The van der Waals surface area contributed by atoms with E-state index in [4.69, 9.17) is 13.9 Å². The van der Waals surface area contributed by atoms with Gasteiger partial charge in [-0.1, -0.05) is 6.07 Å². The largest absolute Gasteiger partial charge is 0.497 e. The molecule has 0 atom stereocenters. The molecular formula is C25H21N3O7S. The van der Waals surface area contributed by atoms with Crippen LogP contribution in [0, 0.1) is 6.92 Å². The summed E-state index contributed by atoms with van der Waals surface area (Å²) in [5, 5.41) is 26.1. The Morgan fingerprint density at radius 3 is 2.39 bits per heavy atom. The number of aryl methyl sites for hydroxylation is 1. The number of hydrogen-bond acceptors (Lipinski definition) is 8. The predicted molar refractivity (Wildman–Crippen MR) is 132 cm³/mol. The minimum absolute atomic E-state index is 0.0688. The van der Waals surface area contributed by atoms with Crippen molar-refractivity contribution in [2.45, 2.75) is 12.1 Å². The first-order valence-corrected chi connectivity index (χ1v) is 11.3. The summed E-state index contributed by atoms with van der Waals surface area (Å²) in [4.78, 5) is 27.5. The minimum Gasteiger partial charge on any atom is -0.497 e. The van der Waals surface area contributed by atoms with E-state index in [-0.39, 0.29) is 21.4 Å². The summed E-state index contributed by atoms with van der Waals surface area (Å²) in [5.74, 6) is 0.0142. The van der Waals surface area contributed by atoms with E-state index in [2.05, 4.69) is 15.2 Å². The van der Waals surface area contributed by atoms with Crippen LogP contribution in [0.25, 0.3) is 28.8 Å². The number of aliphatic carboxylic acids is 1. The highest BCUT2D eigenvalue weighted by molar-refractivity contribution is 8.04. The summed E-state index contributed by atoms with van der Waals surface area (Å²) < 4.78 is 16.4. The maximum atomic E-state index is 11.9. The molecule has 2 heterocycles. The van der Waals surface area contributed by atoms with Gasteiger partial charge in [-0.2, -0.15) is 0 Å². The SMILES string of the molecule is COc1cc(OC)cc(-c2nc(S/C(=C\c3ccc(-c4cc(C(=O)O)ccc4C)o3)C(=O)O)n[nH]2)c1. The summed E-state index contributed by atoms with van der Waals surface area (Å²) in [5.41, 5.74) is 2.20. The molecule has 0 aliphatic heterocycles. The van der Waals surface area contributed by atoms with Crippen molar-refractivity contribution in [3.8, 4) is 34.2 Å². The fraction of sp³-hybridized carbons (Fsp3) is 0.120. The topological polar surface area (TPSA) is 148 Å². The molecule has 0 radical (unpaired) electrons. The first-order chi connectivity index (χ1) is 17.3. The van der Waals surface area contributed by atoms with Crippen LogP contribution in [0.5, 0.6) is 11.5 Å². The van der Waals surface area contributed by atoms with Gasteiger partial charge in [0, 0.05) is 23.3 Å². The number of carbonyl (C=O) groups is 2. The third-order valence-electron chi connectivity index (χ3n) is 5.15. The molecule has 0 aliphatic rings. The number of furan rings is 1. The van der Waals surface area contributed by atoms with Gasteiger partial charge in [-0.25, -0.2) is 14.6 Å². The number of nitrogens with zero attached hydrogens (tertiary/aromatic N) is 2. The maximum Gasteiger partial charge on any atom is 0.342 e. The van der Waals surface area contributed by atoms with Gasteiger partial charge in [0.2, 0.25) is 5.16 Å². The predicted octanol–water partition coefficient (Wildman–Crippen LogP) is 4.97. The van der Waals surface area contributed by atoms with Crippen LogP contribution in [-0.2, 0) is 4.79 Å². The number of thioether (sulfide) groups is 1. The number of aromatic amines is 1. The first kappa shape index (κ1) is 24.6. The number of nitrogens with one attached hydrogen (secondary N) is 1. The average Bonchev–Trinajstić information content (AvgIpc) is 3.53. The Morgan fingerprint density at radius 1 is 1.03 bits per heavy atom. The molecule has 0 bridgehead atoms. The van der Waals surface area contributed by atoms with Crippen molar-refractivity contribution in [2.75, 3.05) is 14.2 Å². The number of aromatic carboxylic acids is 1. The molecule has 2 aromatic heterocycles. The number of benzene rings is 2. The standard InChI is InChI=1S/C25H21N3O7S/c1-13-4-5-14(23(29)30)10-19(13)20-7-6-16(35-20)12-21(24(31)32)36-25-26-22(27-28-25)15-8-17(33-2)11-18(9-15)34-3/h4-12H,1-3H3,(H,29,30)(H,31,32)(H,26,27,28)/b21-12-. The number of aromatic nitrogens is 3. The van der Waals surface area contributed by atoms with E-state index in [1.165, 1.54) is 32.4 Å². The van der Waals surface area contributed by atoms with Crippen molar-refractivity contribution in [1.82, 2.24) is 15.2 Å². The summed E-state index contributed by atoms with van der Waals surface area (Å²) in [7, 11) is 3.07. The summed E-state index contributed by atoms with van der Waals surface area (Å²) in [6, 6.07) is 13.2. The van der Waals surface area contributed by atoms with Gasteiger partial charge < -0.3 is 24.1 Å². The number of hydrogen-bond donors (Lipinski definition) is 3. The Labute approximate surface area is 209 Å². The van der Waals surface area contributed by atoms with E-state index in [0.717, 1.165) is 17.3 Å². The molecule has 2 aromatic carbocycles. The molecule has 0 spiro atoms. The number of carboxylic acids is 2. The van der Waals surface area contributed by atoms with Crippen molar-refractivity contribution >= 4 is 29.8 Å². The number of H-pyrrole nitrogens is 1. The molecule has 0 saturated heterocycles. The van der Waals surface area contributed by atoms with Crippen molar-refractivity contribution in [1.29, 1.82) is 0 Å². The molecule has 0 amide bonds. The number of rotatable bonds is 9. The third-order valence-corrected chi connectivity index (χ3v) is 6.03. The van der Waals surface area contributed by atoms with Crippen LogP contribution < -0.4 is 9.47 Å². The lowest BCUT2D eigenvalue weighted by Gasteiger charge is -2.06. The molecule has 184 valence electrons. The van der Waals surface area contributed by atoms with Crippen LogP contribution in [0.3, 0.4) is 0 Å². The van der Waals surface area contributed by atoms with Crippen LogP contribution in [0.1, 0.15) is 21.7 Å². The fourth-order valence-electron chi connectivity index (χ4n) is 3.32. The van der Waals surface area contributed by atoms with Crippen molar-refractivity contribution in [3.05, 3.63) is 70.3 Å². The van der Waals surface area contributed by atoms with Gasteiger partial charge in [0.05, 0.1) is 19.8 Å². The van der Waals surface area contributed by atoms with Crippen molar-refractivity contribution in [2.24, 2.45) is 0 Å². The maximum absolute atomic E-state index is 11.9. The Kier molecular flexibility index (Phi) is 7.11. The highest BCUT2D eigenvalue weighted by atomic mass is 32.2. The number of ether oxygens (including phenoxy) is 2. The van der Waals surface area contributed by atoms with E-state index in [1.54, 1.807) is 36.4 Å². The second-order valence-corrected chi connectivity index (χ2v) is 8.53. The van der Waals surface area contributed by atoms with Gasteiger partial charge >= 0.3 is 11.9 Å². The quantitative estimate of drug-likeness (QED) is 0.209. The van der Waals surface area contributed by atoms with Crippen LogP contribution in [0.4, 0.5) is 0 Å². The van der Waals surface area contributed by atoms with Crippen LogP contribution in [0.2, 0.25) is 0 Å². The fourth-order valence-corrected chi connectivity index (χ4v) is 4.01. The molecule has 4 aromatic rings. The zero-order valence-electron chi connectivity index (χ0n) is 19.4. The van der Waals surface area contributed by atoms with Gasteiger partial charge in [-0.3, -0.25) is 5.10 Å². The lowest BCUT2D eigenvalue weighted by atomic mass is 10.0. The summed E-state index contributed by atoms with van der Waals surface area (Å²) in [6.07, 6.45) is 1.36. The van der Waals surface area contributed by atoms with E-state index in [9.17, 15) is 19.8 Å². The second kappa shape index (κ2) is 10.4. The van der Waals surface area contributed by atoms with Crippen molar-refractivity contribution < 1.29 is 33.7 Å². The van der Waals surface area contributed by atoms with Gasteiger partial charge in [0.15, 0.2) is 5.82 Å². The lowest BCUT2D eigenvalue weighted by molar-refractivity contribution is -0.131. The lowest BCUT2D eigenvalue weighted by Crippen LogP contribution is -1.97. The molecule has 0 saturated carbocycles. The molecule has 4 rings (SSSR count). The highest BCUT2D eigenvalue weighted by Crippen LogP contribution is 2.32. The molecule has 11 heteroatoms. The first-order valence-electron chi connectivity index (χ1n) is 10.5. The minimum atomic E-state index is -1.18. The Morgan fingerprint density at radius 2 is 1.75 bits per heavy atom. The normalized spacial score (nSPS) is 11.4. The van der Waals surface area contributed by atoms with E-state index in [0.29, 0.717) is 34.2 Å². The molecule has 3 N–H and O–H groups in total. The monoisotopic (exact) mass is 507 g/mol. The Balaban J connectivity index is 1.59. The average molecular weight is 508 g/mol. The van der Waals surface area contributed by atoms with Gasteiger partial charge in [0.1, 0.15) is 27.9 Å². The Hall–Kier alpha value is -4.51. The van der Waals surface area contributed by atoms with E-state index >= 15 is 0 Å². The van der Waals surface area contributed by atoms with Gasteiger partial charge in [-0.05, 0) is 60.6 Å². The van der Waals surface area contributed by atoms with E-state index in [1.807, 2.05) is 6.92 Å². The van der Waals surface area contributed by atoms with Crippen LogP contribution in [0.15, 0.2) is 63.0 Å².